The molecule has 4 nitrogen and oxygen atoms in total. The molecule has 4 heteroatoms. The van der Waals surface area contributed by atoms with Crippen LogP contribution in [0.1, 0.15) is 46.0 Å². The molecule has 17 heavy (non-hydrogen) atoms. The van der Waals surface area contributed by atoms with Crippen molar-refractivity contribution in [2.45, 2.75) is 57.6 Å². The van der Waals surface area contributed by atoms with Crippen molar-refractivity contribution in [3.05, 3.63) is 0 Å². The summed E-state index contributed by atoms with van der Waals surface area (Å²) in [6.07, 6.45) is 4.78. The second-order valence-corrected chi connectivity index (χ2v) is 5.45. The number of likely N-dealkylation sites (tertiary alicyclic amines) is 1. The van der Waals surface area contributed by atoms with Crippen molar-refractivity contribution in [3.63, 3.8) is 0 Å². The molecule has 1 saturated heterocycles. The van der Waals surface area contributed by atoms with E-state index >= 15 is 0 Å². The van der Waals surface area contributed by atoms with E-state index in [1.807, 2.05) is 18.7 Å². The fourth-order valence-corrected chi connectivity index (χ4v) is 2.36. The SMILES string of the molecule is COC(C)(C)CC(=O)N1CCCCC1CCN. The summed E-state index contributed by atoms with van der Waals surface area (Å²) in [7, 11) is 1.65. The van der Waals surface area contributed by atoms with E-state index in [9.17, 15) is 4.79 Å². The number of piperidine rings is 1. The Labute approximate surface area is 104 Å². The molecule has 0 aromatic heterocycles. The first-order valence-electron chi connectivity index (χ1n) is 6.55. The van der Waals surface area contributed by atoms with Crippen LogP contribution in [0, 0.1) is 0 Å². The summed E-state index contributed by atoms with van der Waals surface area (Å²) in [6, 6.07) is 0.342. The van der Waals surface area contributed by atoms with E-state index in [4.69, 9.17) is 10.5 Å². The van der Waals surface area contributed by atoms with Crippen molar-refractivity contribution in [1.29, 1.82) is 0 Å². The molecule has 1 unspecified atom stereocenters. The van der Waals surface area contributed by atoms with Crippen LogP contribution in [0.15, 0.2) is 0 Å². The number of carbonyl (C=O) groups is 1. The van der Waals surface area contributed by atoms with Crippen molar-refractivity contribution in [2.75, 3.05) is 20.2 Å². The standard InChI is InChI=1S/C13H26N2O2/c1-13(2,17-3)10-12(16)15-9-5-4-6-11(15)7-8-14/h11H,4-10,14H2,1-3H3. The summed E-state index contributed by atoms with van der Waals surface area (Å²) in [4.78, 5) is 14.3. The highest BCUT2D eigenvalue weighted by Gasteiger charge is 2.30. The molecule has 0 aliphatic carbocycles. The maximum Gasteiger partial charge on any atom is 0.225 e. The normalized spacial score (nSPS) is 21.6. The van der Waals surface area contributed by atoms with Crippen molar-refractivity contribution in [3.8, 4) is 0 Å². The molecule has 1 amide bonds. The van der Waals surface area contributed by atoms with Crippen LogP contribution in [0.25, 0.3) is 0 Å². The molecule has 1 heterocycles. The van der Waals surface area contributed by atoms with Gasteiger partial charge >= 0.3 is 0 Å². The van der Waals surface area contributed by atoms with Crippen LogP contribution in [0.5, 0.6) is 0 Å². The highest BCUT2D eigenvalue weighted by molar-refractivity contribution is 5.77. The highest BCUT2D eigenvalue weighted by Crippen LogP contribution is 2.23. The fraction of sp³-hybridized carbons (Fsp3) is 0.923. The van der Waals surface area contributed by atoms with E-state index in [-0.39, 0.29) is 11.5 Å². The minimum atomic E-state index is -0.373. The third-order valence-corrected chi connectivity index (χ3v) is 3.58. The lowest BCUT2D eigenvalue weighted by molar-refractivity contribution is -0.140. The summed E-state index contributed by atoms with van der Waals surface area (Å²) in [5, 5.41) is 0. The number of hydrogen-bond acceptors (Lipinski definition) is 3. The Morgan fingerprint density at radius 1 is 1.47 bits per heavy atom. The van der Waals surface area contributed by atoms with Crippen LogP contribution in [0.2, 0.25) is 0 Å². The van der Waals surface area contributed by atoms with Gasteiger partial charge in [-0.3, -0.25) is 4.79 Å². The van der Waals surface area contributed by atoms with E-state index in [1.165, 1.54) is 6.42 Å². The zero-order chi connectivity index (χ0) is 12.9. The Bertz CT molecular complexity index is 252. The largest absolute Gasteiger partial charge is 0.378 e. The number of nitrogens with zero attached hydrogens (tertiary/aromatic N) is 1. The molecule has 0 aromatic rings. The predicted octanol–water partition coefficient (Wildman–Crippen LogP) is 1.53. The Hall–Kier alpha value is -0.610. The monoisotopic (exact) mass is 242 g/mol. The topological polar surface area (TPSA) is 55.6 Å². The van der Waals surface area contributed by atoms with Crippen molar-refractivity contribution < 1.29 is 9.53 Å². The van der Waals surface area contributed by atoms with E-state index < -0.39 is 0 Å². The van der Waals surface area contributed by atoms with Gasteiger partial charge < -0.3 is 15.4 Å². The minimum absolute atomic E-state index is 0.204. The number of amides is 1. The number of ether oxygens (including phenoxy) is 1. The second-order valence-electron chi connectivity index (χ2n) is 5.45. The predicted molar refractivity (Wildman–Crippen MR) is 68.7 cm³/mol. The van der Waals surface area contributed by atoms with Crippen LogP contribution < -0.4 is 5.73 Å². The average Bonchev–Trinajstić information content (AvgIpc) is 2.29. The van der Waals surface area contributed by atoms with Crippen LogP contribution in [-0.4, -0.2) is 42.6 Å². The number of rotatable bonds is 5. The van der Waals surface area contributed by atoms with E-state index in [0.717, 1.165) is 25.8 Å². The molecular weight excluding hydrogens is 216 g/mol. The third kappa shape index (κ3) is 4.28. The maximum absolute atomic E-state index is 12.3. The van der Waals surface area contributed by atoms with Gasteiger partial charge in [0, 0.05) is 19.7 Å². The molecule has 0 radical (unpaired) electrons. The van der Waals surface area contributed by atoms with Crippen molar-refractivity contribution in [2.24, 2.45) is 5.73 Å². The first-order chi connectivity index (χ1) is 8.00. The van der Waals surface area contributed by atoms with Gasteiger partial charge in [0.05, 0.1) is 12.0 Å². The number of nitrogens with two attached hydrogens (primary N) is 1. The molecule has 100 valence electrons. The zero-order valence-electron chi connectivity index (χ0n) is 11.4. The summed E-state index contributed by atoms with van der Waals surface area (Å²) >= 11 is 0. The van der Waals surface area contributed by atoms with Gasteiger partial charge in [0.15, 0.2) is 0 Å². The third-order valence-electron chi connectivity index (χ3n) is 3.58. The smallest absolute Gasteiger partial charge is 0.225 e. The van der Waals surface area contributed by atoms with E-state index in [0.29, 0.717) is 19.0 Å². The van der Waals surface area contributed by atoms with Gasteiger partial charge in [-0.2, -0.15) is 0 Å². The first kappa shape index (κ1) is 14.5. The number of carbonyl (C=O) groups excluding carboxylic acids is 1. The van der Waals surface area contributed by atoms with Gasteiger partial charge in [0.2, 0.25) is 5.91 Å². The van der Waals surface area contributed by atoms with Gasteiger partial charge in [0.25, 0.3) is 0 Å². The van der Waals surface area contributed by atoms with Gasteiger partial charge in [-0.15, -0.1) is 0 Å². The summed E-state index contributed by atoms with van der Waals surface area (Å²) in [5.41, 5.74) is 5.24. The molecule has 1 aliphatic heterocycles. The van der Waals surface area contributed by atoms with Crippen LogP contribution in [0.4, 0.5) is 0 Å². The lowest BCUT2D eigenvalue weighted by Gasteiger charge is -2.37. The fourth-order valence-electron chi connectivity index (χ4n) is 2.36. The summed E-state index contributed by atoms with van der Waals surface area (Å²) in [5.74, 6) is 0.204. The minimum Gasteiger partial charge on any atom is -0.378 e. The number of hydrogen-bond donors (Lipinski definition) is 1. The molecule has 0 spiro atoms. The van der Waals surface area contributed by atoms with Gasteiger partial charge in [-0.25, -0.2) is 0 Å². The van der Waals surface area contributed by atoms with Gasteiger partial charge in [-0.05, 0) is 46.1 Å². The lowest BCUT2D eigenvalue weighted by atomic mass is 9.96. The second kappa shape index (κ2) is 6.36. The molecule has 0 saturated carbocycles. The van der Waals surface area contributed by atoms with Crippen molar-refractivity contribution in [1.82, 2.24) is 4.90 Å². The molecule has 0 aromatic carbocycles. The number of methoxy groups -OCH3 is 1. The molecule has 2 N–H and O–H groups in total. The Morgan fingerprint density at radius 3 is 2.76 bits per heavy atom. The highest BCUT2D eigenvalue weighted by atomic mass is 16.5. The quantitative estimate of drug-likeness (QED) is 0.795. The average molecular weight is 242 g/mol. The molecule has 1 aliphatic rings. The van der Waals surface area contributed by atoms with Crippen molar-refractivity contribution >= 4 is 5.91 Å². The summed E-state index contributed by atoms with van der Waals surface area (Å²) < 4.78 is 5.32. The van der Waals surface area contributed by atoms with E-state index in [1.54, 1.807) is 7.11 Å². The Balaban J connectivity index is 2.58. The van der Waals surface area contributed by atoms with E-state index in [2.05, 4.69) is 0 Å². The molecule has 0 bridgehead atoms. The van der Waals surface area contributed by atoms with Gasteiger partial charge in [0.1, 0.15) is 0 Å². The maximum atomic E-state index is 12.3. The van der Waals surface area contributed by atoms with Crippen LogP contribution >= 0.6 is 0 Å². The van der Waals surface area contributed by atoms with Crippen LogP contribution in [-0.2, 0) is 9.53 Å². The Kier molecular flexibility index (Phi) is 5.40. The molecule has 1 atom stereocenters. The summed E-state index contributed by atoms with van der Waals surface area (Å²) in [6.45, 7) is 5.44. The Morgan fingerprint density at radius 2 is 2.18 bits per heavy atom. The molecule has 1 rings (SSSR count). The molecule has 1 fully saturated rings. The first-order valence-corrected chi connectivity index (χ1v) is 6.55. The molecular formula is C13H26N2O2. The lowest BCUT2D eigenvalue weighted by Crippen LogP contribution is -2.46. The van der Waals surface area contributed by atoms with Crippen LogP contribution in [0.3, 0.4) is 0 Å². The zero-order valence-corrected chi connectivity index (χ0v) is 11.4. The van der Waals surface area contributed by atoms with Gasteiger partial charge in [-0.1, -0.05) is 0 Å².